The Balaban J connectivity index is 1.97. The van der Waals surface area contributed by atoms with Gasteiger partial charge in [0.2, 0.25) is 0 Å². The van der Waals surface area contributed by atoms with Gasteiger partial charge in [0, 0.05) is 11.8 Å². The van der Waals surface area contributed by atoms with Crippen LogP contribution in [0, 0.1) is 0 Å². The third-order valence-electron chi connectivity index (χ3n) is 3.90. The molecular formula is C18H15N3O2S. The average molecular weight is 337 g/mol. The van der Waals surface area contributed by atoms with E-state index in [4.69, 9.17) is 9.72 Å². The second-order valence-electron chi connectivity index (χ2n) is 5.31. The fourth-order valence-electron chi connectivity index (χ4n) is 2.72. The standard InChI is InChI=1S/C18H15N3O2S/c1-23-13-8-6-12(7-9-13)16-20-15-5-3-2-4-14(15)17(22)21(16)18-19-10-11-24-18/h2-11,18-19H,1H3/t18-/m0/s1. The van der Waals surface area contributed by atoms with Crippen molar-refractivity contribution in [2.45, 2.75) is 5.50 Å². The van der Waals surface area contributed by atoms with Gasteiger partial charge in [-0.05, 0) is 41.8 Å². The third-order valence-corrected chi connectivity index (χ3v) is 4.80. The molecule has 2 aromatic carbocycles. The van der Waals surface area contributed by atoms with Gasteiger partial charge in [-0.2, -0.15) is 0 Å². The van der Waals surface area contributed by atoms with Crippen LogP contribution in [0.25, 0.3) is 22.3 Å². The zero-order chi connectivity index (χ0) is 16.5. The number of benzene rings is 2. The molecule has 1 N–H and O–H groups in total. The fourth-order valence-corrected chi connectivity index (χ4v) is 3.50. The molecule has 0 bridgehead atoms. The van der Waals surface area contributed by atoms with Crippen LogP contribution in [-0.4, -0.2) is 16.7 Å². The van der Waals surface area contributed by atoms with Crippen molar-refractivity contribution in [3.8, 4) is 17.1 Å². The molecule has 5 nitrogen and oxygen atoms in total. The molecule has 0 fully saturated rings. The minimum Gasteiger partial charge on any atom is -0.497 e. The summed E-state index contributed by atoms with van der Waals surface area (Å²) in [5.74, 6) is 1.40. The predicted octanol–water partition coefficient (Wildman–Crippen LogP) is 3.34. The lowest BCUT2D eigenvalue weighted by Gasteiger charge is -2.19. The number of para-hydroxylation sites is 1. The van der Waals surface area contributed by atoms with Gasteiger partial charge in [-0.15, -0.1) is 0 Å². The smallest absolute Gasteiger partial charge is 0.264 e. The molecule has 1 aromatic heterocycles. The first kappa shape index (κ1) is 14.8. The van der Waals surface area contributed by atoms with E-state index in [2.05, 4.69) is 5.32 Å². The second kappa shape index (κ2) is 6.05. The summed E-state index contributed by atoms with van der Waals surface area (Å²) in [4.78, 5) is 17.8. The average Bonchev–Trinajstić information content (AvgIpc) is 3.16. The Morgan fingerprint density at radius 3 is 2.67 bits per heavy atom. The van der Waals surface area contributed by atoms with E-state index in [1.807, 2.05) is 60.1 Å². The first-order valence-corrected chi connectivity index (χ1v) is 8.44. The van der Waals surface area contributed by atoms with Crippen molar-refractivity contribution < 1.29 is 4.74 Å². The van der Waals surface area contributed by atoms with Crippen LogP contribution in [0.15, 0.2) is 64.9 Å². The first-order chi connectivity index (χ1) is 11.8. The Labute approximate surface area is 143 Å². The van der Waals surface area contributed by atoms with E-state index in [0.717, 1.165) is 11.3 Å². The molecule has 120 valence electrons. The lowest BCUT2D eigenvalue weighted by molar-refractivity contribution is 0.415. The van der Waals surface area contributed by atoms with Crippen molar-refractivity contribution in [3.05, 3.63) is 70.5 Å². The number of thioether (sulfide) groups is 1. The maximum absolute atomic E-state index is 13.0. The number of aromatic nitrogens is 2. The highest BCUT2D eigenvalue weighted by molar-refractivity contribution is 8.02. The van der Waals surface area contributed by atoms with E-state index >= 15 is 0 Å². The highest BCUT2D eigenvalue weighted by Crippen LogP contribution is 2.30. The summed E-state index contributed by atoms with van der Waals surface area (Å²) in [6, 6.07) is 15.0. The third kappa shape index (κ3) is 2.45. The Morgan fingerprint density at radius 2 is 1.96 bits per heavy atom. The van der Waals surface area contributed by atoms with Crippen LogP contribution in [0.2, 0.25) is 0 Å². The molecule has 0 spiro atoms. The Bertz CT molecular complexity index is 972. The van der Waals surface area contributed by atoms with Crippen molar-refractivity contribution in [2.75, 3.05) is 7.11 Å². The van der Waals surface area contributed by atoms with Crippen molar-refractivity contribution >= 4 is 22.7 Å². The minimum absolute atomic E-state index is 0.0554. The molecule has 1 aliphatic rings. The predicted molar refractivity (Wildman–Crippen MR) is 96.9 cm³/mol. The van der Waals surface area contributed by atoms with Crippen molar-refractivity contribution in [1.29, 1.82) is 0 Å². The van der Waals surface area contributed by atoms with E-state index < -0.39 is 0 Å². The Morgan fingerprint density at radius 1 is 1.17 bits per heavy atom. The number of methoxy groups -OCH3 is 1. The van der Waals surface area contributed by atoms with E-state index in [-0.39, 0.29) is 11.1 Å². The summed E-state index contributed by atoms with van der Waals surface area (Å²) >= 11 is 1.54. The lowest BCUT2D eigenvalue weighted by Crippen LogP contribution is -2.30. The summed E-state index contributed by atoms with van der Waals surface area (Å²) in [6.07, 6.45) is 1.84. The zero-order valence-electron chi connectivity index (χ0n) is 13.0. The van der Waals surface area contributed by atoms with E-state index in [0.29, 0.717) is 16.7 Å². The number of ether oxygens (including phenoxy) is 1. The highest BCUT2D eigenvalue weighted by atomic mass is 32.2. The molecule has 0 amide bonds. The maximum Gasteiger partial charge on any atom is 0.264 e. The van der Waals surface area contributed by atoms with Crippen LogP contribution < -0.4 is 15.6 Å². The SMILES string of the molecule is COc1ccc(-c2nc3ccccc3c(=O)n2[C@@H]2NC=CS2)cc1. The monoisotopic (exact) mass is 337 g/mol. The number of hydrogen-bond donors (Lipinski definition) is 1. The van der Waals surface area contributed by atoms with Crippen LogP contribution in [-0.2, 0) is 0 Å². The lowest BCUT2D eigenvalue weighted by atomic mass is 10.1. The van der Waals surface area contributed by atoms with Crippen LogP contribution in [0.4, 0.5) is 0 Å². The van der Waals surface area contributed by atoms with E-state index in [9.17, 15) is 4.79 Å². The minimum atomic E-state index is -0.202. The molecule has 0 radical (unpaired) electrons. The molecule has 24 heavy (non-hydrogen) atoms. The van der Waals surface area contributed by atoms with Gasteiger partial charge in [0.1, 0.15) is 11.6 Å². The first-order valence-electron chi connectivity index (χ1n) is 7.50. The molecule has 6 heteroatoms. The quantitative estimate of drug-likeness (QED) is 0.794. The Kier molecular flexibility index (Phi) is 3.74. The highest BCUT2D eigenvalue weighted by Gasteiger charge is 2.21. The molecule has 0 saturated carbocycles. The maximum atomic E-state index is 13.0. The molecule has 0 saturated heterocycles. The van der Waals surface area contributed by atoms with E-state index in [1.54, 1.807) is 23.4 Å². The van der Waals surface area contributed by atoms with Gasteiger partial charge in [-0.1, -0.05) is 23.9 Å². The second-order valence-corrected chi connectivity index (χ2v) is 6.30. The van der Waals surface area contributed by atoms with Gasteiger partial charge in [0.05, 0.1) is 18.0 Å². The number of hydrogen-bond acceptors (Lipinski definition) is 5. The molecule has 1 aliphatic heterocycles. The fraction of sp³-hybridized carbons (Fsp3) is 0.111. The van der Waals surface area contributed by atoms with Crippen molar-refractivity contribution in [2.24, 2.45) is 0 Å². The van der Waals surface area contributed by atoms with Crippen LogP contribution >= 0.6 is 11.8 Å². The molecule has 2 heterocycles. The Hall–Kier alpha value is -2.73. The summed E-state index contributed by atoms with van der Waals surface area (Å²) in [7, 11) is 1.63. The topological polar surface area (TPSA) is 56.1 Å². The van der Waals surface area contributed by atoms with Crippen LogP contribution in [0.3, 0.4) is 0 Å². The van der Waals surface area contributed by atoms with Gasteiger partial charge < -0.3 is 10.1 Å². The zero-order valence-corrected chi connectivity index (χ0v) is 13.8. The van der Waals surface area contributed by atoms with Crippen molar-refractivity contribution in [1.82, 2.24) is 14.9 Å². The number of rotatable bonds is 3. The molecule has 4 rings (SSSR count). The largest absolute Gasteiger partial charge is 0.497 e. The molecule has 3 aromatic rings. The summed E-state index contributed by atoms with van der Waals surface area (Å²) in [5, 5.41) is 5.74. The number of nitrogens with zero attached hydrogens (tertiary/aromatic N) is 2. The summed E-state index contributed by atoms with van der Waals surface area (Å²) in [5.41, 5.74) is 1.31. The molecule has 0 aliphatic carbocycles. The van der Waals surface area contributed by atoms with Crippen LogP contribution in [0.1, 0.15) is 5.50 Å². The number of fused-ring (bicyclic) bond motifs is 1. The van der Waals surface area contributed by atoms with Gasteiger partial charge in [0.15, 0.2) is 5.50 Å². The van der Waals surface area contributed by atoms with Crippen molar-refractivity contribution in [3.63, 3.8) is 0 Å². The number of nitrogens with one attached hydrogen (secondary N) is 1. The normalized spacial score (nSPS) is 16.3. The van der Waals surface area contributed by atoms with Crippen LogP contribution in [0.5, 0.6) is 5.75 Å². The van der Waals surface area contributed by atoms with Gasteiger partial charge >= 0.3 is 0 Å². The van der Waals surface area contributed by atoms with Gasteiger partial charge in [0.25, 0.3) is 5.56 Å². The summed E-state index contributed by atoms with van der Waals surface area (Å²) in [6.45, 7) is 0. The van der Waals surface area contributed by atoms with Gasteiger partial charge in [-0.25, -0.2) is 4.98 Å². The molecular weight excluding hydrogens is 322 g/mol. The molecule has 1 atom stereocenters. The summed E-state index contributed by atoms with van der Waals surface area (Å²) < 4.78 is 6.92. The molecule has 0 unspecified atom stereocenters. The van der Waals surface area contributed by atoms with E-state index in [1.165, 1.54) is 0 Å². The van der Waals surface area contributed by atoms with Gasteiger partial charge in [-0.3, -0.25) is 9.36 Å².